The van der Waals surface area contributed by atoms with E-state index in [1.54, 1.807) is 6.07 Å². The number of nitrogens with zero attached hydrogens (tertiary/aromatic N) is 3. The number of hydrogen-bond acceptors (Lipinski definition) is 5. The van der Waals surface area contributed by atoms with Gasteiger partial charge in [0.15, 0.2) is 0 Å². The van der Waals surface area contributed by atoms with Crippen molar-refractivity contribution in [1.29, 1.82) is 0 Å². The average Bonchev–Trinajstić information content (AvgIpc) is 3.24. The number of rotatable bonds is 4. The van der Waals surface area contributed by atoms with Crippen molar-refractivity contribution in [1.82, 2.24) is 20.0 Å². The summed E-state index contributed by atoms with van der Waals surface area (Å²) < 4.78 is 5.52. The molecule has 7 heteroatoms. The maximum atomic E-state index is 13.2. The molecule has 0 saturated carbocycles. The molecule has 1 amide bonds. The molecule has 29 heavy (non-hydrogen) atoms. The van der Waals surface area contributed by atoms with Gasteiger partial charge in [0.2, 0.25) is 17.3 Å². The van der Waals surface area contributed by atoms with Gasteiger partial charge in [-0.3, -0.25) is 9.59 Å². The van der Waals surface area contributed by atoms with Gasteiger partial charge in [0, 0.05) is 30.4 Å². The minimum absolute atomic E-state index is 0.00271. The monoisotopic (exact) mass is 392 g/mol. The molecule has 3 heterocycles. The van der Waals surface area contributed by atoms with Gasteiger partial charge in [-0.15, -0.1) is 0 Å². The number of H-pyrrole nitrogens is 1. The zero-order chi connectivity index (χ0) is 20.4. The van der Waals surface area contributed by atoms with Gasteiger partial charge >= 0.3 is 0 Å². The van der Waals surface area contributed by atoms with E-state index in [1.165, 1.54) is 6.07 Å². The molecule has 3 aromatic rings. The van der Waals surface area contributed by atoms with E-state index >= 15 is 0 Å². The van der Waals surface area contributed by atoms with Crippen LogP contribution in [0.15, 0.2) is 51.8 Å². The van der Waals surface area contributed by atoms with Crippen LogP contribution in [-0.4, -0.2) is 39.0 Å². The molecule has 150 valence electrons. The summed E-state index contributed by atoms with van der Waals surface area (Å²) in [7, 11) is 0. The Kier molecular flexibility index (Phi) is 5.29. The molecule has 2 aromatic heterocycles. The van der Waals surface area contributed by atoms with Gasteiger partial charge in [-0.1, -0.05) is 49.3 Å². The molecule has 1 saturated heterocycles. The van der Waals surface area contributed by atoms with Crippen LogP contribution in [0.3, 0.4) is 0 Å². The van der Waals surface area contributed by atoms with Crippen molar-refractivity contribution < 1.29 is 9.32 Å². The van der Waals surface area contributed by atoms with Crippen molar-refractivity contribution in [2.45, 2.75) is 38.5 Å². The minimum atomic E-state index is -0.193. The fourth-order valence-corrected chi connectivity index (χ4v) is 3.77. The molecule has 1 fully saturated rings. The Balaban J connectivity index is 1.54. The normalized spacial score (nSPS) is 16.9. The van der Waals surface area contributed by atoms with E-state index in [4.69, 9.17) is 4.52 Å². The summed E-state index contributed by atoms with van der Waals surface area (Å²) in [5.74, 6) is 1.10. The van der Waals surface area contributed by atoms with Crippen LogP contribution in [0.1, 0.15) is 60.5 Å². The maximum Gasteiger partial charge on any atom is 0.255 e. The topological polar surface area (TPSA) is 92.1 Å². The Labute approximate surface area is 168 Å². The number of likely N-dealkylation sites (tertiary alicyclic amines) is 1. The molecular weight excluding hydrogens is 368 g/mol. The number of nitrogens with one attached hydrogen (secondary N) is 1. The lowest BCUT2D eigenvalue weighted by molar-refractivity contribution is 0.0693. The number of hydrogen-bond donors (Lipinski definition) is 1. The van der Waals surface area contributed by atoms with Crippen molar-refractivity contribution in [2.24, 2.45) is 0 Å². The first-order valence-electron chi connectivity index (χ1n) is 9.94. The van der Waals surface area contributed by atoms with E-state index in [-0.39, 0.29) is 23.3 Å². The summed E-state index contributed by atoms with van der Waals surface area (Å²) in [5.41, 5.74) is 1.94. The third-order valence-electron chi connectivity index (χ3n) is 5.29. The third-order valence-corrected chi connectivity index (χ3v) is 5.29. The van der Waals surface area contributed by atoms with E-state index in [0.717, 1.165) is 18.4 Å². The number of carbonyl (C=O) groups excluding carboxylic acids is 1. The van der Waals surface area contributed by atoms with Crippen LogP contribution >= 0.6 is 0 Å². The Bertz CT molecular complexity index is 1060. The van der Waals surface area contributed by atoms with Crippen LogP contribution in [0, 0.1) is 0 Å². The second-order valence-electron chi connectivity index (χ2n) is 7.72. The molecule has 1 aliphatic rings. The van der Waals surface area contributed by atoms with Crippen LogP contribution in [0.5, 0.6) is 0 Å². The van der Waals surface area contributed by atoms with Crippen LogP contribution in [-0.2, 0) is 0 Å². The van der Waals surface area contributed by atoms with Crippen LogP contribution < -0.4 is 5.56 Å². The highest BCUT2D eigenvalue weighted by atomic mass is 16.5. The van der Waals surface area contributed by atoms with E-state index in [0.29, 0.717) is 36.1 Å². The van der Waals surface area contributed by atoms with Gasteiger partial charge in [0.1, 0.15) is 0 Å². The molecule has 1 aliphatic heterocycles. The van der Waals surface area contributed by atoms with Crippen molar-refractivity contribution in [3.63, 3.8) is 0 Å². The number of amides is 1. The quantitative estimate of drug-likeness (QED) is 0.733. The van der Waals surface area contributed by atoms with Gasteiger partial charge < -0.3 is 14.4 Å². The number of aromatic nitrogens is 3. The smallest absolute Gasteiger partial charge is 0.255 e. The van der Waals surface area contributed by atoms with Crippen LogP contribution in [0.2, 0.25) is 0 Å². The standard InChI is InChI=1S/C22H24N4O3/c1-14(2)19-17(10-11-18(27)23-19)22(28)26-12-6-9-16(13-26)21-24-20(25-29-21)15-7-4-3-5-8-15/h3-5,7-8,10-11,14,16H,6,9,12-13H2,1-2H3,(H,23,27). The maximum absolute atomic E-state index is 13.2. The van der Waals surface area contributed by atoms with E-state index in [9.17, 15) is 9.59 Å². The fourth-order valence-electron chi connectivity index (χ4n) is 3.77. The van der Waals surface area contributed by atoms with Crippen LogP contribution in [0.25, 0.3) is 11.4 Å². The van der Waals surface area contributed by atoms with Gasteiger partial charge in [-0.2, -0.15) is 4.98 Å². The van der Waals surface area contributed by atoms with Crippen molar-refractivity contribution in [3.05, 3.63) is 70.0 Å². The molecule has 0 radical (unpaired) electrons. The second kappa shape index (κ2) is 8.03. The van der Waals surface area contributed by atoms with E-state index in [2.05, 4.69) is 15.1 Å². The first kappa shape index (κ1) is 19.1. The van der Waals surface area contributed by atoms with Gasteiger partial charge in [0.25, 0.3) is 5.91 Å². The number of carbonyl (C=O) groups is 1. The molecular formula is C22H24N4O3. The van der Waals surface area contributed by atoms with Crippen molar-refractivity contribution >= 4 is 5.91 Å². The Morgan fingerprint density at radius 1 is 1.21 bits per heavy atom. The summed E-state index contributed by atoms with van der Waals surface area (Å²) in [6.07, 6.45) is 1.75. The summed E-state index contributed by atoms with van der Waals surface area (Å²) in [5, 5.41) is 4.11. The molecule has 0 spiro atoms. The molecule has 1 N–H and O–H groups in total. The predicted octanol–water partition coefficient (Wildman–Crippen LogP) is 3.57. The van der Waals surface area contributed by atoms with E-state index < -0.39 is 0 Å². The minimum Gasteiger partial charge on any atom is -0.339 e. The summed E-state index contributed by atoms with van der Waals surface area (Å²) in [6.45, 7) is 5.12. The molecule has 1 aromatic carbocycles. The van der Waals surface area contributed by atoms with Crippen LogP contribution in [0.4, 0.5) is 0 Å². The van der Waals surface area contributed by atoms with Gasteiger partial charge in [0.05, 0.1) is 11.5 Å². The second-order valence-corrected chi connectivity index (χ2v) is 7.72. The molecule has 1 atom stereocenters. The Morgan fingerprint density at radius 3 is 2.76 bits per heavy atom. The van der Waals surface area contributed by atoms with Crippen molar-refractivity contribution in [3.8, 4) is 11.4 Å². The number of aromatic amines is 1. The summed E-state index contributed by atoms with van der Waals surface area (Å²) in [6, 6.07) is 12.7. The number of piperidine rings is 1. The predicted molar refractivity (Wildman–Crippen MR) is 109 cm³/mol. The highest BCUT2D eigenvalue weighted by Crippen LogP contribution is 2.29. The molecule has 4 rings (SSSR count). The Hall–Kier alpha value is -3.22. The first-order valence-corrected chi connectivity index (χ1v) is 9.94. The molecule has 0 bridgehead atoms. The third kappa shape index (κ3) is 3.99. The van der Waals surface area contributed by atoms with Gasteiger partial charge in [-0.05, 0) is 24.8 Å². The largest absolute Gasteiger partial charge is 0.339 e. The lowest BCUT2D eigenvalue weighted by atomic mass is 9.96. The first-order chi connectivity index (χ1) is 14.0. The number of benzene rings is 1. The Morgan fingerprint density at radius 2 is 2.00 bits per heavy atom. The zero-order valence-corrected chi connectivity index (χ0v) is 16.6. The summed E-state index contributed by atoms with van der Waals surface area (Å²) >= 11 is 0. The van der Waals surface area contributed by atoms with Crippen molar-refractivity contribution in [2.75, 3.05) is 13.1 Å². The molecule has 1 unspecified atom stereocenters. The summed E-state index contributed by atoms with van der Waals surface area (Å²) in [4.78, 5) is 34.1. The lowest BCUT2D eigenvalue weighted by Crippen LogP contribution is -2.40. The number of pyridine rings is 1. The SMILES string of the molecule is CC(C)c1[nH]c(=O)ccc1C(=O)N1CCCC(c2nc(-c3ccccc3)no2)C1. The molecule has 7 nitrogen and oxygen atoms in total. The highest BCUT2D eigenvalue weighted by Gasteiger charge is 2.30. The molecule has 0 aliphatic carbocycles. The van der Waals surface area contributed by atoms with Gasteiger partial charge in [-0.25, -0.2) is 0 Å². The zero-order valence-electron chi connectivity index (χ0n) is 16.6. The average molecular weight is 392 g/mol. The fraction of sp³-hybridized carbons (Fsp3) is 0.364. The lowest BCUT2D eigenvalue weighted by Gasteiger charge is -2.31. The van der Waals surface area contributed by atoms with E-state index in [1.807, 2.05) is 49.1 Å². The highest BCUT2D eigenvalue weighted by molar-refractivity contribution is 5.95.